The molecule has 0 saturated carbocycles. The van der Waals surface area contributed by atoms with Crippen LogP contribution in [0.15, 0.2) is 22.7 Å². The fraction of sp³-hybridized carbons (Fsp3) is 0.455. The van der Waals surface area contributed by atoms with Crippen molar-refractivity contribution in [2.24, 2.45) is 0 Å². The largest absolute Gasteiger partial charge is 0.493 e. The Labute approximate surface area is 113 Å². The maximum absolute atomic E-state index is 10.6. The van der Waals surface area contributed by atoms with Gasteiger partial charge in [-0.2, -0.15) is 0 Å². The minimum Gasteiger partial charge on any atom is -0.493 e. The van der Waals surface area contributed by atoms with Gasteiger partial charge in [-0.15, -0.1) is 11.6 Å². The van der Waals surface area contributed by atoms with Crippen LogP contribution in [0.1, 0.15) is 19.3 Å². The first-order chi connectivity index (χ1) is 8.13. The zero-order valence-corrected chi connectivity index (χ0v) is 11.5. The molecule has 1 aromatic carbocycles. The van der Waals surface area contributed by atoms with Gasteiger partial charge in [-0.3, -0.25) is 10.1 Å². The molecule has 0 fully saturated rings. The molecule has 0 amide bonds. The predicted octanol–water partition coefficient (Wildman–Crippen LogP) is 4.15. The second kappa shape index (κ2) is 7.50. The van der Waals surface area contributed by atoms with E-state index >= 15 is 0 Å². The summed E-state index contributed by atoms with van der Waals surface area (Å²) in [6.45, 7) is 0.546. The molecule has 0 aliphatic rings. The van der Waals surface area contributed by atoms with Crippen LogP contribution in [0, 0.1) is 10.1 Å². The van der Waals surface area contributed by atoms with Gasteiger partial charge < -0.3 is 4.74 Å². The molecule has 1 aromatic rings. The highest BCUT2D eigenvalue weighted by atomic mass is 79.9. The topological polar surface area (TPSA) is 52.4 Å². The number of benzene rings is 1. The second-order valence-corrected chi connectivity index (χ2v) is 4.79. The van der Waals surface area contributed by atoms with Crippen molar-refractivity contribution in [3.05, 3.63) is 32.8 Å². The van der Waals surface area contributed by atoms with Crippen molar-refractivity contribution < 1.29 is 9.66 Å². The zero-order chi connectivity index (χ0) is 12.7. The van der Waals surface area contributed by atoms with Crippen molar-refractivity contribution in [1.29, 1.82) is 0 Å². The maximum Gasteiger partial charge on any atom is 0.274 e. The number of nitro groups is 1. The first-order valence-corrected chi connectivity index (χ1v) is 6.60. The number of ether oxygens (including phenoxy) is 1. The van der Waals surface area contributed by atoms with E-state index in [0.717, 1.165) is 19.3 Å². The van der Waals surface area contributed by atoms with Gasteiger partial charge in [0.15, 0.2) is 0 Å². The molecule has 0 atom stereocenters. The van der Waals surface area contributed by atoms with E-state index in [4.69, 9.17) is 16.3 Å². The van der Waals surface area contributed by atoms with Gasteiger partial charge in [0.2, 0.25) is 0 Å². The molecule has 1 rings (SSSR count). The molecule has 0 N–H and O–H groups in total. The van der Waals surface area contributed by atoms with Crippen molar-refractivity contribution in [1.82, 2.24) is 0 Å². The molecule has 0 aromatic heterocycles. The van der Waals surface area contributed by atoms with Gasteiger partial charge in [0.25, 0.3) is 5.69 Å². The van der Waals surface area contributed by atoms with Crippen molar-refractivity contribution in [2.45, 2.75) is 19.3 Å². The van der Waals surface area contributed by atoms with E-state index < -0.39 is 4.92 Å². The molecule has 0 aliphatic heterocycles. The van der Waals surface area contributed by atoms with E-state index in [1.807, 2.05) is 0 Å². The fourth-order valence-electron chi connectivity index (χ4n) is 1.30. The first-order valence-electron chi connectivity index (χ1n) is 5.27. The third kappa shape index (κ3) is 5.37. The van der Waals surface area contributed by atoms with Crippen molar-refractivity contribution in [3.63, 3.8) is 0 Å². The maximum atomic E-state index is 10.6. The third-order valence-corrected chi connectivity index (χ3v) is 2.84. The molecule has 0 heterocycles. The van der Waals surface area contributed by atoms with Crippen molar-refractivity contribution in [3.8, 4) is 5.75 Å². The summed E-state index contributed by atoms with van der Waals surface area (Å²) in [4.78, 5) is 10.2. The van der Waals surface area contributed by atoms with Crippen LogP contribution in [0.5, 0.6) is 5.75 Å². The summed E-state index contributed by atoms with van der Waals surface area (Å²) < 4.78 is 6.09. The van der Waals surface area contributed by atoms with Crippen LogP contribution in [0.25, 0.3) is 0 Å². The minimum absolute atomic E-state index is 0.0233. The Kier molecular flexibility index (Phi) is 6.29. The summed E-state index contributed by atoms with van der Waals surface area (Å²) in [5.41, 5.74) is 0.0233. The van der Waals surface area contributed by atoms with Gasteiger partial charge in [0, 0.05) is 16.4 Å². The highest BCUT2D eigenvalue weighted by Crippen LogP contribution is 2.26. The number of hydrogen-bond acceptors (Lipinski definition) is 3. The zero-order valence-electron chi connectivity index (χ0n) is 9.20. The van der Waals surface area contributed by atoms with Gasteiger partial charge in [-0.25, -0.2) is 0 Å². The van der Waals surface area contributed by atoms with Crippen molar-refractivity contribution in [2.75, 3.05) is 12.5 Å². The highest BCUT2D eigenvalue weighted by Gasteiger charge is 2.09. The lowest BCUT2D eigenvalue weighted by molar-refractivity contribution is -0.385. The van der Waals surface area contributed by atoms with Gasteiger partial charge in [-0.1, -0.05) is 15.9 Å². The second-order valence-electron chi connectivity index (χ2n) is 3.50. The molecule has 0 bridgehead atoms. The molecule has 6 heteroatoms. The summed E-state index contributed by atoms with van der Waals surface area (Å²) in [6, 6.07) is 4.58. The quantitative estimate of drug-likeness (QED) is 0.328. The van der Waals surface area contributed by atoms with E-state index in [1.165, 1.54) is 12.1 Å². The summed E-state index contributed by atoms with van der Waals surface area (Å²) in [6.07, 6.45) is 2.86. The lowest BCUT2D eigenvalue weighted by Crippen LogP contribution is -1.98. The third-order valence-electron chi connectivity index (χ3n) is 2.11. The lowest BCUT2D eigenvalue weighted by Gasteiger charge is -2.06. The molecule has 0 radical (unpaired) electrons. The van der Waals surface area contributed by atoms with Crippen LogP contribution < -0.4 is 4.74 Å². The van der Waals surface area contributed by atoms with Crippen LogP contribution in [0.3, 0.4) is 0 Å². The summed E-state index contributed by atoms with van der Waals surface area (Å²) in [5.74, 6) is 1.17. The standard InChI is InChI=1S/C11H13BrClNO3/c12-9-6-10(14(15)16)8-11(7-9)17-5-3-1-2-4-13/h6-8H,1-5H2. The Morgan fingerprint density at radius 3 is 2.71 bits per heavy atom. The molecular weight excluding hydrogens is 309 g/mol. The number of non-ortho nitro benzene ring substituents is 1. The normalized spacial score (nSPS) is 10.2. The minimum atomic E-state index is -0.439. The number of hydrogen-bond donors (Lipinski definition) is 0. The molecule has 4 nitrogen and oxygen atoms in total. The van der Waals surface area contributed by atoms with Crippen LogP contribution in [0.2, 0.25) is 0 Å². The van der Waals surface area contributed by atoms with Crippen LogP contribution in [0.4, 0.5) is 5.69 Å². The molecular formula is C11H13BrClNO3. The van der Waals surface area contributed by atoms with Gasteiger partial charge >= 0.3 is 0 Å². The smallest absolute Gasteiger partial charge is 0.274 e. The molecule has 0 unspecified atom stereocenters. The number of unbranched alkanes of at least 4 members (excludes halogenated alkanes) is 2. The van der Waals surface area contributed by atoms with E-state index in [9.17, 15) is 10.1 Å². The number of rotatable bonds is 7. The molecule has 0 spiro atoms. The van der Waals surface area contributed by atoms with Crippen LogP contribution in [-0.2, 0) is 0 Å². The average Bonchev–Trinajstić information content (AvgIpc) is 2.28. The molecule has 17 heavy (non-hydrogen) atoms. The molecule has 94 valence electrons. The number of nitro benzene ring substituents is 1. The Morgan fingerprint density at radius 2 is 2.06 bits per heavy atom. The van der Waals surface area contributed by atoms with E-state index in [-0.39, 0.29) is 5.69 Å². The Bertz CT molecular complexity index is 387. The van der Waals surface area contributed by atoms with E-state index in [2.05, 4.69) is 15.9 Å². The summed E-state index contributed by atoms with van der Waals surface area (Å²) in [7, 11) is 0. The monoisotopic (exact) mass is 321 g/mol. The number of alkyl halides is 1. The van der Waals surface area contributed by atoms with Crippen molar-refractivity contribution >= 4 is 33.2 Å². The van der Waals surface area contributed by atoms with Gasteiger partial charge in [0.05, 0.1) is 17.6 Å². The SMILES string of the molecule is O=[N+]([O-])c1cc(Br)cc(OCCCCCCl)c1. The number of halogens is 2. The molecule has 0 saturated heterocycles. The Hall–Kier alpha value is -0.810. The lowest BCUT2D eigenvalue weighted by atomic mass is 10.2. The average molecular weight is 323 g/mol. The fourth-order valence-corrected chi connectivity index (χ4v) is 1.95. The predicted molar refractivity (Wildman–Crippen MR) is 70.9 cm³/mol. The van der Waals surface area contributed by atoms with E-state index in [0.29, 0.717) is 22.7 Å². The Balaban J connectivity index is 2.50. The summed E-state index contributed by atoms with van der Waals surface area (Å²) in [5, 5.41) is 10.6. The first kappa shape index (κ1) is 14.3. The highest BCUT2D eigenvalue weighted by molar-refractivity contribution is 9.10. The summed E-state index contributed by atoms with van der Waals surface area (Å²) >= 11 is 8.77. The number of nitrogens with zero attached hydrogens (tertiary/aromatic N) is 1. The van der Waals surface area contributed by atoms with Gasteiger partial charge in [-0.05, 0) is 25.3 Å². The molecule has 0 aliphatic carbocycles. The van der Waals surface area contributed by atoms with E-state index in [1.54, 1.807) is 6.07 Å². The Morgan fingerprint density at radius 1 is 1.29 bits per heavy atom. The van der Waals surface area contributed by atoms with Gasteiger partial charge in [0.1, 0.15) is 5.75 Å². The van der Waals surface area contributed by atoms with Crippen LogP contribution in [-0.4, -0.2) is 17.4 Å². The van der Waals surface area contributed by atoms with Crippen LogP contribution >= 0.6 is 27.5 Å².